The van der Waals surface area contributed by atoms with Gasteiger partial charge in [0.2, 0.25) is 11.8 Å². The van der Waals surface area contributed by atoms with Crippen LogP contribution in [0, 0.1) is 0 Å². The maximum absolute atomic E-state index is 14.3. The van der Waals surface area contributed by atoms with Crippen LogP contribution in [-0.4, -0.2) is 50.9 Å². The lowest BCUT2D eigenvalue weighted by molar-refractivity contribution is -0.140. The standard InChI is InChI=1S/C35H45N3O5S/c1-5-33(35(40)36-29-12-8-6-9-13-29)37(24-27-16-22-31(43-4)23-17-27)34(39)25-38(30-20-18-28(19-21-30)26(2)3)44(41,42)32-14-10-7-11-15-32/h7,10-11,14-23,26,29,33H,5-6,8-9,12-13,24-25H2,1-4H3,(H,36,40). The molecule has 3 aromatic rings. The number of ether oxygens (including phenoxy) is 1. The van der Waals surface area contributed by atoms with E-state index in [1.807, 2.05) is 43.3 Å². The second-order valence-corrected chi connectivity index (χ2v) is 13.6. The number of amides is 2. The van der Waals surface area contributed by atoms with Gasteiger partial charge >= 0.3 is 0 Å². The van der Waals surface area contributed by atoms with Gasteiger partial charge in [-0.3, -0.25) is 13.9 Å². The predicted octanol–water partition coefficient (Wildman–Crippen LogP) is 6.27. The molecule has 1 fully saturated rings. The summed E-state index contributed by atoms with van der Waals surface area (Å²) in [7, 11) is -2.52. The van der Waals surface area contributed by atoms with Crippen molar-refractivity contribution in [1.82, 2.24) is 10.2 Å². The molecular formula is C35H45N3O5S. The molecule has 1 atom stereocenters. The SMILES string of the molecule is CCC(C(=O)NC1CCCCC1)N(Cc1ccc(OC)cc1)C(=O)CN(c1ccc(C(C)C)cc1)S(=O)(=O)c1ccccc1. The second kappa shape index (κ2) is 15.2. The maximum atomic E-state index is 14.3. The minimum absolute atomic E-state index is 0.0812. The van der Waals surface area contributed by atoms with E-state index in [9.17, 15) is 18.0 Å². The summed E-state index contributed by atoms with van der Waals surface area (Å²) in [5.74, 6) is 0.274. The molecule has 1 aliphatic carbocycles. The lowest BCUT2D eigenvalue weighted by Crippen LogP contribution is -2.54. The minimum Gasteiger partial charge on any atom is -0.497 e. The molecule has 3 aromatic carbocycles. The summed E-state index contributed by atoms with van der Waals surface area (Å²) in [6, 6.07) is 22.0. The van der Waals surface area contributed by atoms with Crippen LogP contribution in [0.3, 0.4) is 0 Å². The first-order chi connectivity index (χ1) is 21.1. The van der Waals surface area contributed by atoms with Crippen LogP contribution >= 0.6 is 0 Å². The minimum atomic E-state index is -4.10. The lowest BCUT2D eigenvalue weighted by Gasteiger charge is -2.34. The largest absolute Gasteiger partial charge is 0.497 e. The highest BCUT2D eigenvalue weighted by Gasteiger charge is 2.34. The highest BCUT2D eigenvalue weighted by molar-refractivity contribution is 7.92. The van der Waals surface area contributed by atoms with E-state index in [1.54, 1.807) is 37.4 Å². The molecule has 0 heterocycles. The van der Waals surface area contributed by atoms with Crippen LogP contribution in [0.2, 0.25) is 0 Å². The number of nitrogens with zero attached hydrogens (tertiary/aromatic N) is 2. The van der Waals surface area contributed by atoms with Crippen LogP contribution in [0.25, 0.3) is 0 Å². The average Bonchev–Trinajstić information content (AvgIpc) is 3.04. The molecule has 9 heteroatoms. The van der Waals surface area contributed by atoms with E-state index in [4.69, 9.17) is 4.74 Å². The van der Waals surface area contributed by atoms with Crippen LogP contribution in [0.4, 0.5) is 5.69 Å². The number of nitrogens with one attached hydrogen (secondary N) is 1. The van der Waals surface area contributed by atoms with Crippen LogP contribution in [0.1, 0.15) is 76.3 Å². The van der Waals surface area contributed by atoms with E-state index >= 15 is 0 Å². The fourth-order valence-electron chi connectivity index (χ4n) is 5.67. The zero-order valence-corrected chi connectivity index (χ0v) is 27.1. The Hall–Kier alpha value is -3.85. The Bertz CT molecular complexity index is 1470. The Balaban J connectivity index is 1.70. The Labute approximate surface area is 262 Å². The van der Waals surface area contributed by atoms with Crippen molar-refractivity contribution < 1.29 is 22.7 Å². The second-order valence-electron chi connectivity index (χ2n) is 11.7. The molecule has 4 rings (SSSR count). The molecule has 0 spiro atoms. The number of hydrogen-bond acceptors (Lipinski definition) is 5. The summed E-state index contributed by atoms with van der Waals surface area (Å²) in [4.78, 5) is 29.6. The van der Waals surface area contributed by atoms with Crippen molar-refractivity contribution in [2.45, 2.75) is 88.7 Å². The van der Waals surface area contributed by atoms with Crippen molar-refractivity contribution in [1.29, 1.82) is 0 Å². The van der Waals surface area contributed by atoms with Gasteiger partial charge in [0.1, 0.15) is 18.3 Å². The third-order valence-corrected chi connectivity index (χ3v) is 10.1. The molecule has 2 amide bonds. The predicted molar refractivity (Wildman–Crippen MR) is 174 cm³/mol. The fourth-order valence-corrected chi connectivity index (χ4v) is 7.10. The molecule has 0 radical (unpaired) electrons. The zero-order chi connectivity index (χ0) is 31.7. The topological polar surface area (TPSA) is 96.0 Å². The molecule has 1 saturated carbocycles. The molecular weight excluding hydrogens is 574 g/mol. The maximum Gasteiger partial charge on any atom is 0.264 e. The molecule has 0 aromatic heterocycles. The number of carbonyl (C=O) groups is 2. The molecule has 236 valence electrons. The first-order valence-corrected chi connectivity index (χ1v) is 17.0. The van der Waals surface area contributed by atoms with Crippen LogP contribution in [-0.2, 0) is 26.2 Å². The van der Waals surface area contributed by atoms with Gasteiger partial charge in [0.25, 0.3) is 10.0 Å². The van der Waals surface area contributed by atoms with Gasteiger partial charge < -0.3 is 15.0 Å². The summed E-state index contributed by atoms with van der Waals surface area (Å²) >= 11 is 0. The van der Waals surface area contributed by atoms with Gasteiger partial charge in [0.05, 0.1) is 17.7 Å². The summed E-state index contributed by atoms with van der Waals surface area (Å²) < 4.78 is 34.5. The van der Waals surface area contributed by atoms with Crippen molar-refractivity contribution in [3.8, 4) is 5.75 Å². The van der Waals surface area contributed by atoms with Gasteiger partial charge in [0, 0.05) is 12.6 Å². The van der Waals surface area contributed by atoms with Crippen molar-refractivity contribution in [3.05, 3.63) is 90.0 Å². The lowest BCUT2D eigenvalue weighted by atomic mass is 9.95. The Morgan fingerprint density at radius 1 is 0.909 bits per heavy atom. The van der Waals surface area contributed by atoms with Crippen molar-refractivity contribution >= 4 is 27.5 Å². The fraction of sp³-hybridized carbons (Fsp3) is 0.429. The first kappa shape index (κ1) is 33.1. The zero-order valence-electron chi connectivity index (χ0n) is 26.2. The van der Waals surface area contributed by atoms with Crippen molar-refractivity contribution in [2.24, 2.45) is 0 Å². The van der Waals surface area contributed by atoms with Gasteiger partial charge in [-0.1, -0.05) is 82.5 Å². The van der Waals surface area contributed by atoms with Gasteiger partial charge in [-0.2, -0.15) is 0 Å². The van der Waals surface area contributed by atoms with Gasteiger partial charge in [-0.15, -0.1) is 0 Å². The normalized spacial score (nSPS) is 14.6. The van der Waals surface area contributed by atoms with E-state index < -0.39 is 28.5 Å². The third kappa shape index (κ3) is 8.20. The number of rotatable bonds is 13. The Morgan fingerprint density at radius 3 is 2.11 bits per heavy atom. The van der Waals surface area contributed by atoms with Gasteiger partial charge in [0.15, 0.2) is 0 Å². The van der Waals surface area contributed by atoms with E-state index in [2.05, 4.69) is 19.2 Å². The van der Waals surface area contributed by atoms with E-state index in [-0.39, 0.29) is 29.3 Å². The molecule has 0 bridgehead atoms. The molecule has 1 unspecified atom stereocenters. The number of hydrogen-bond donors (Lipinski definition) is 1. The molecule has 0 saturated heterocycles. The quantitative estimate of drug-likeness (QED) is 0.243. The smallest absolute Gasteiger partial charge is 0.264 e. The van der Waals surface area contributed by atoms with E-state index in [0.717, 1.165) is 47.5 Å². The summed E-state index contributed by atoms with van der Waals surface area (Å²) in [6.07, 6.45) is 5.52. The van der Waals surface area contributed by atoms with Crippen LogP contribution in [0.15, 0.2) is 83.8 Å². The van der Waals surface area contributed by atoms with Crippen LogP contribution < -0.4 is 14.4 Å². The summed E-state index contributed by atoms with van der Waals surface area (Å²) in [5.41, 5.74) is 2.25. The van der Waals surface area contributed by atoms with E-state index in [1.165, 1.54) is 17.0 Å². The highest BCUT2D eigenvalue weighted by Crippen LogP contribution is 2.27. The molecule has 1 N–H and O–H groups in total. The van der Waals surface area contributed by atoms with Crippen LogP contribution in [0.5, 0.6) is 5.75 Å². The van der Waals surface area contributed by atoms with E-state index in [0.29, 0.717) is 17.9 Å². The van der Waals surface area contributed by atoms with Gasteiger partial charge in [-0.25, -0.2) is 8.42 Å². The highest BCUT2D eigenvalue weighted by atomic mass is 32.2. The first-order valence-electron chi connectivity index (χ1n) is 15.5. The number of anilines is 1. The van der Waals surface area contributed by atoms with Crippen molar-refractivity contribution in [3.63, 3.8) is 0 Å². The molecule has 0 aliphatic heterocycles. The molecule has 44 heavy (non-hydrogen) atoms. The summed E-state index contributed by atoms with van der Waals surface area (Å²) in [6.45, 7) is 5.70. The van der Waals surface area contributed by atoms with Gasteiger partial charge in [-0.05, 0) is 72.7 Å². The monoisotopic (exact) mass is 619 g/mol. The average molecular weight is 620 g/mol. The summed E-state index contributed by atoms with van der Waals surface area (Å²) in [5, 5.41) is 3.18. The Kier molecular flexibility index (Phi) is 11.4. The third-order valence-electron chi connectivity index (χ3n) is 8.31. The number of methoxy groups -OCH3 is 1. The number of benzene rings is 3. The van der Waals surface area contributed by atoms with Crippen molar-refractivity contribution in [2.75, 3.05) is 18.0 Å². The number of carbonyl (C=O) groups excluding carboxylic acids is 2. The number of sulfonamides is 1. The Morgan fingerprint density at radius 2 is 1.55 bits per heavy atom. The molecule has 8 nitrogen and oxygen atoms in total. The molecule has 1 aliphatic rings.